The zero-order valence-corrected chi connectivity index (χ0v) is 8.93. The highest BCUT2D eigenvalue weighted by molar-refractivity contribution is 4.87. The van der Waals surface area contributed by atoms with Crippen molar-refractivity contribution in [2.45, 2.75) is 46.6 Å². The molecule has 1 nitrogen and oxygen atoms in total. The van der Waals surface area contributed by atoms with Crippen molar-refractivity contribution in [3.05, 3.63) is 0 Å². The van der Waals surface area contributed by atoms with Crippen molar-refractivity contribution >= 4 is 0 Å². The SMILES string of the molecule is CCNC1CCC(C(C)C)C1C. The first-order valence-electron chi connectivity index (χ1n) is 5.40. The molecule has 1 rings (SSSR count). The van der Waals surface area contributed by atoms with Crippen LogP contribution in [0, 0.1) is 17.8 Å². The van der Waals surface area contributed by atoms with E-state index in [1.165, 1.54) is 12.8 Å². The van der Waals surface area contributed by atoms with Gasteiger partial charge in [-0.2, -0.15) is 0 Å². The highest BCUT2D eigenvalue weighted by Gasteiger charge is 2.33. The predicted molar refractivity (Wildman–Crippen MR) is 54.2 cm³/mol. The van der Waals surface area contributed by atoms with Gasteiger partial charge >= 0.3 is 0 Å². The molecule has 0 bridgehead atoms. The fourth-order valence-corrected chi connectivity index (χ4v) is 2.69. The monoisotopic (exact) mass is 169 g/mol. The van der Waals surface area contributed by atoms with Crippen molar-refractivity contribution in [1.29, 1.82) is 0 Å². The highest BCUT2D eigenvalue weighted by Crippen LogP contribution is 2.36. The second kappa shape index (κ2) is 4.27. The van der Waals surface area contributed by atoms with Gasteiger partial charge in [0.2, 0.25) is 0 Å². The van der Waals surface area contributed by atoms with E-state index in [9.17, 15) is 0 Å². The molecule has 0 aromatic rings. The molecule has 1 fully saturated rings. The minimum atomic E-state index is 0.794. The van der Waals surface area contributed by atoms with Crippen LogP contribution in [0.3, 0.4) is 0 Å². The van der Waals surface area contributed by atoms with Crippen LogP contribution in [0.2, 0.25) is 0 Å². The molecule has 0 heterocycles. The molecule has 12 heavy (non-hydrogen) atoms. The molecule has 0 aromatic carbocycles. The molecule has 1 saturated carbocycles. The number of rotatable bonds is 3. The molecule has 0 radical (unpaired) electrons. The van der Waals surface area contributed by atoms with Gasteiger partial charge in [0.1, 0.15) is 0 Å². The Morgan fingerprint density at radius 3 is 2.42 bits per heavy atom. The van der Waals surface area contributed by atoms with Crippen LogP contribution >= 0.6 is 0 Å². The summed E-state index contributed by atoms with van der Waals surface area (Å²) in [4.78, 5) is 0. The van der Waals surface area contributed by atoms with Crippen molar-refractivity contribution in [2.24, 2.45) is 17.8 Å². The summed E-state index contributed by atoms with van der Waals surface area (Å²) in [5.41, 5.74) is 0. The number of nitrogens with one attached hydrogen (secondary N) is 1. The second-order valence-corrected chi connectivity index (χ2v) is 4.51. The van der Waals surface area contributed by atoms with E-state index >= 15 is 0 Å². The van der Waals surface area contributed by atoms with Crippen molar-refractivity contribution in [3.63, 3.8) is 0 Å². The van der Waals surface area contributed by atoms with Gasteiger partial charge in [-0.1, -0.05) is 27.7 Å². The van der Waals surface area contributed by atoms with E-state index in [1.807, 2.05) is 0 Å². The first kappa shape index (κ1) is 10.0. The molecule has 1 aliphatic carbocycles. The Morgan fingerprint density at radius 1 is 1.33 bits per heavy atom. The van der Waals surface area contributed by atoms with Crippen molar-refractivity contribution < 1.29 is 0 Å². The number of hydrogen-bond donors (Lipinski definition) is 1. The molecule has 1 N–H and O–H groups in total. The Morgan fingerprint density at radius 2 is 2.00 bits per heavy atom. The van der Waals surface area contributed by atoms with Gasteiger partial charge in [-0.25, -0.2) is 0 Å². The van der Waals surface area contributed by atoms with Gasteiger partial charge in [-0.15, -0.1) is 0 Å². The summed E-state index contributed by atoms with van der Waals surface area (Å²) < 4.78 is 0. The third kappa shape index (κ3) is 2.01. The summed E-state index contributed by atoms with van der Waals surface area (Å²) in [5, 5.41) is 3.58. The maximum absolute atomic E-state index is 3.58. The normalized spacial score (nSPS) is 36.2. The Balaban J connectivity index is 2.43. The first-order chi connectivity index (χ1) is 5.66. The summed E-state index contributed by atoms with van der Waals surface area (Å²) in [7, 11) is 0. The largest absolute Gasteiger partial charge is 0.314 e. The van der Waals surface area contributed by atoms with Gasteiger partial charge in [-0.05, 0) is 37.1 Å². The van der Waals surface area contributed by atoms with E-state index in [2.05, 4.69) is 33.0 Å². The molecule has 1 aliphatic rings. The van der Waals surface area contributed by atoms with Gasteiger partial charge in [-0.3, -0.25) is 0 Å². The minimum absolute atomic E-state index is 0.794. The van der Waals surface area contributed by atoms with Crippen LogP contribution in [0.15, 0.2) is 0 Å². The molecule has 0 saturated heterocycles. The standard InChI is InChI=1S/C11H23N/c1-5-12-11-7-6-10(8(2)3)9(11)4/h8-12H,5-7H2,1-4H3. The lowest BCUT2D eigenvalue weighted by atomic mass is 9.86. The highest BCUT2D eigenvalue weighted by atomic mass is 14.9. The van der Waals surface area contributed by atoms with Gasteiger partial charge in [0.05, 0.1) is 0 Å². The Bertz CT molecular complexity index is 131. The van der Waals surface area contributed by atoms with Crippen LogP contribution in [-0.4, -0.2) is 12.6 Å². The quantitative estimate of drug-likeness (QED) is 0.685. The Kier molecular flexibility index (Phi) is 3.57. The minimum Gasteiger partial charge on any atom is -0.314 e. The predicted octanol–water partition coefficient (Wildman–Crippen LogP) is 2.67. The molecule has 1 heteroatoms. The van der Waals surface area contributed by atoms with Gasteiger partial charge in [0, 0.05) is 6.04 Å². The molecular weight excluding hydrogens is 146 g/mol. The van der Waals surface area contributed by atoms with Crippen molar-refractivity contribution in [3.8, 4) is 0 Å². The third-order valence-corrected chi connectivity index (χ3v) is 3.44. The zero-order valence-electron chi connectivity index (χ0n) is 8.93. The summed E-state index contributed by atoms with van der Waals surface area (Å²) in [6.07, 6.45) is 2.81. The molecule has 0 aliphatic heterocycles. The fraction of sp³-hybridized carbons (Fsp3) is 1.00. The van der Waals surface area contributed by atoms with E-state index in [-0.39, 0.29) is 0 Å². The van der Waals surface area contributed by atoms with Crippen LogP contribution in [0.1, 0.15) is 40.5 Å². The average Bonchev–Trinajstić information content (AvgIpc) is 2.34. The summed E-state index contributed by atoms with van der Waals surface area (Å²) in [5.74, 6) is 2.70. The second-order valence-electron chi connectivity index (χ2n) is 4.51. The lowest BCUT2D eigenvalue weighted by molar-refractivity contribution is 0.285. The lowest BCUT2D eigenvalue weighted by Gasteiger charge is -2.23. The van der Waals surface area contributed by atoms with Gasteiger partial charge < -0.3 is 5.32 Å². The van der Waals surface area contributed by atoms with Gasteiger partial charge in [0.25, 0.3) is 0 Å². The number of hydrogen-bond acceptors (Lipinski definition) is 1. The van der Waals surface area contributed by atoms with Crippen LogP contribution < -0.4 is 5.32 Å². The van der Waals surface area contributed by atoms with E-state index in [1.54, 1.807) is 0 Å². The van der Waals surface area contributed by atoms with E-state index in [0.29, 0.717) is 0 Å². The smallest absolute Gasteiger partial charge is 0.00954 e. The average molecular weight is 169 g/mol. The maximum atomic E-state index is 3.58. The molecule has 3 unspecified atom stereocenters. The summed E-state index contributed by atoms with van der Waals surface area (Å²) in [6, 6.07) is 0.794. The molecular formula is C11H23N. The van der Waals surface area contributed by atoms with E-state index in [0.717, 1.165) is 30.3 Å². The Hall–Kier alpha value is -0.0400. The summed E-state index contributed by atoms with van der Waals surface area (Å²) in [6.45, 7) is 10.4. The Labute approximate surface area is 76.9 Å². The van der Waals surface area contributed by atoms with Crippen LogP contribution in [0.4, 0.5) is 0 Å². The summed E-state index contributed by atoms with van der Waals surface area (Å²) >= 11 is 0. The van der Waals surface area contributed by atoms with Gasteiger partial charge in [0.15, 0.2) is 0 Å². The zero-order chi connectivity index (χ0) is 9.14. The van der Waals surface area contributed by atoms with Crippen LogP contribution in [-0.2, 0) is 0 Å². The molecule has 3 atom stereocenters. The van der Waals surface area contributed by atoms with Crippen molar-refractivity contribution in [2.75, 3.05) is 6.54 Å². The van der Waals surface area contributed by atoms with E-state index in [4.69, 9.17) is 0 Å². The van der Waals surface area contributed by atoms with Crippen LogP contribution in [0.5, 0.6) is 0 Å². The topological polar surface area (TPSA) is 12.0 Å². The molecule has 0 aromatic heterocycles. The maximum Gasteiger partial charge on any atom is 0.00954 e. The van der Waals surface area contributed by atoms with E-state index < -0.39 is 0 Å². The van der Waals surface area contributed by atoms with Crippen LogP contribution in [0.25, 0.3) is 0 Å². The van der Waals surface area contributed by atoms with Crippen molar-refractivity contribution in [1.82, 2.24) is 5.32 Å². The lowest BCUT2D eigenvalue weighted by Crippen LogP contribution is -2.33. The molecule has 0 spiro atoms. The third-order valence-electron chi connectivity index (χ3n) is 3.44. The molecule has 0 amide bonds. The molecule has 72 valence electrons. The fourth-order valence-electron chi connectivity index (χ4n) is 2.69. The first-order valence-corrected chi connectivity index (χ1v) is 5.40.